The first-order chi connectivity index (χ1) is 26.2. The van der Waals surface area contributed by atoms with E-state index in [2.05, 4.69) is 88.4 Å². The van der Waals surface area contributed by atoms with Crippen LogP contribution in [0.3, 0.4) is 0 Å². The van der Waals surface area contributed by atoms with E-state index in [9.17, 15) is 0 Å². The molecule has 2 nitrogen and oxygen atoms in total. The second-order valence-electron chi connectivity index (χ2n) is 16.3. The summed E-state index contributed by atoms with van der Waals surface area (Å²) in [5.74, 6) is 1.97. The van der Waals surface area contributed by atoms with Crippen molar-refractivity contribution in [2.24, 2.45) is 0 Å². The highest BCUT2D eigenvalue weighted by Crippen LogP contribution is 2.55. The van der Waals surface area contributed by atoms with Crippen LogP contribution < -0.4 is 9.47 Å². The standard InChI is InChI=1S/C51H78O2/c1-5-9-13-17-19-21-23-29-39-52-44-34-36-50(53-40-30-24-22-20-18-14-10-6-2)47(42-44)43-33-35-46-45-31-25-26-32-48(45)51(49(46)41-43,37-27-15-11-7-3)38-28-16-12-8-4/h25-26,31-36,41-42H,5-24,27-30,37-40H2,1-4H3. The van der Waals surface area contributed by atoms with E-state index < -0.39 is 0 Å². The van der Waals surface area contributed by atoms with Gasteiger partial charge in [-0.2, -0.15) is 0 Å². The molecule has 0 unspecified atom stereocenters. The molecule has 4 rings (SSSR count). The summed E-state index contributed by atoms with van der Waals surface area (Å²) in [5.41, 5.74) is 8.53. The third kappa shape index (κ3) is 13.5. The van der Waals surface area contributed by atoms with Crippen LogP contribution in [0.25, 0.3) is 22.3 Å². The van der Waals surface area contributed by atoms with Crippen molar-refractivity contribution in [3.05, 3.63) is 71.8 Å². The van der Waals surface area contributed by atoms with Crippen LogP contribution in [0.15, 0.2) is 60.7 Å². The molecular weight excluding hydrogens is 645 g/mol. The van der Waals surface area contributed by atoms with Crippen LogP contribution in [0.5, 0.6) is 11.5 Å². The molecule has 3 aromatic rings. The molecule has 1 aliphatic rings. The molecule has 1 aliphatic carbocycles. The van der Waals surface area contributed by atoms with Gasteiger partial charge in [0.25, 0.3) is 0 Å². The van der Waals surface area contributed by atoms with Crippen LogP contribution in [0.4, 0.5) is 0 Å². The molecule has 0 N–H and O–H groups in total. The predicted molar refractivity (Wildman–Crippen MR) is 232 cm³/mol. The summed E-state index contributed by atoms with van der Waals surface area (Å²) in [6.07, 6.45) is 33.9. The fourth-order valence-corrected chi connectivity index (χ4v) is 8.79. The average Bonchev–Trinajstić information content (AvgIpc) is 3.46. The third-order valence-corrected chi connectivity index (χ3v) is 12.0. The SMILES string of the molecule is CCCCCCCCCCOc1ccc(OCCCCCCCCCC)c(-c2ccc3c(c2)C(CCCCCC)(CCCCCC)c2ccccc2-3)c1. The molecule has 0 saturated carbocycles. The zero-order valence-electron chi connectivity index (χ0n) is 34.9. The zero-order valence-corrected chi connectivity index (χ0v) is 34.9. The summed E-state index contributed by atoms with van der Waals surface area (Å²) in [5, 5.41) is 0. The van der Waals surface area contributed by atoms with Crippen molar-refractivity contribution in [1.29, 1.82) is 0 Å². The highest BCUT2D eigenvalue weighted by atomic mass is 16.5. The van der Waals surface area contributed by atoms with Gasteiger partial charge < -0.3 is 9.47 Å². The molecule has 0 fully saturated rings. The highest BCUT2D eigenvalue weighted by molar-refractivity contribution is 5.85. The van der Waals surface area contributed by atoms with Gasteiger partial charge in [0.15, 0.2) is 0 Å². The lowest BCUT2D eigenvalue weighted by atomic mass is 9.70. The van der Waals surface area contributed by atoms with Gasteiger partial charge in [-0.1, -0.05) is 205 Å². The van der Waals surface area contributed by atoms with Gasteiger partial charge in [-0.05, 0) is 77.8 Å². The van der Waals surface area contributed by atoms with E-state index in [1.807, 2.05) is 0 Å². The van der Waals surface area contributed by atoms with Gasteiger partial charge in [-0.3, -0.25) is 0 Å². The van der Waals surface area contributed by atoms with Crippen LogP contribution in [-0.2, 0) is 5.41 Å². The molecule has 3 aromatic carbocycles. The van der Waals surface area contributed by atoms with Crippen molar-refractivity contribution < 1.29 is 9.47 Å². The normalized spacial score (nSPS) is 12.9. The molecule has 0 amide bonds. The topological polar surface area (TPSA) is 18.5 Å². The minimum atomic E-state index is 0.0756. The number of fused-ring (bicyclic) bond motifs is 3. The first-order valence-corrected chi connectivity index (χ1v) is 22.8. The summed E-state index contributed by atoms with van der Waals surface area (Å²) in [4.78, 5) is 0. The lowest BCUT2D eigenvalue weighted by molar-refractivity contribution is 0.297. The Morgan fingerprint density at radius 3 is 1.47 bits per heavy atom. The van der Waals surface area contributed by atoms with E-state index in [1.54, 1.807) is 11.1 Å². The zero-order chi connectivity index (χ0) is 37.4. The Morgan fingerprint density at radius 1 is 0.396 bits per heavy atom. The molecule has 0 saturated heterocycles. The Hall–Kier alpha value is -2.74. The Kier molecular flexibility index (Phi) is 20.6. The summed E-state index contributed by atoms with van der Waals surface area (Å²) in [6.45, 7) is 10.8. The first-order valence-electron chi connectivity index (χ1n) is 22.8. The summed E-state index contributed by atoms with van der Waals surface area (Å²) < 4.78 is 13.1. The largest absolute Gasteiger partial charge is 0.494 e. The fourth-order valence-electron chi connectivity index (χ4n) is 8.79. The van der Waals surface area contributed by atoms with Crippen molar-refractivity contribution in [2.75, 3.05) is 13.2 Å². The average molecular weight is 723 g/mol. The summed E-state index contributed by atoms with van der Waals surface area (Å²) >= 11 is 0. The second kappa shape index (κ2) is 25.4. The molecule has 0 atom stereocenters. The minimum Gasteiger partial charge on any atom is -0.494 e. The summed E-state index contributed by atoms with van der Waals surface area (Å²) in [7, 11) is 0. The molecule has 0 bridgehead atoms. The molecule has 2 heteroatoms. The minimum absolute atomic E-state index is 0.0756. The maximum atomic E-state index is 6.65. The van der Waals surface area contributed by atoms with Crippen molar-refractivity contribution >= 4 is 0 Å². The Bertz CT molecular complexity index is 1390. The monoisotopic (exact) mass is 723 g/mol. The van der Waals surface area contributed by atoms with Gasteiger partial charge in [0, 0.05) is 11.0 Å². The molecule has 0 heterocycles. The van der Waals surface area contributed by atoms with Gasteiger partial charge >= 0.3 is 0 Å². The molecule has 294 valence electrons. The van der Waals surface area contributed by atoms with Crippen molar-refractivity contribution in [3.8, 4) is 33.8 Å². The van der Waals surface area contributed by atoms with E-state index in [4.69, 9.17) is 9.47 Å². The van der Waals surface area contributed by atoms with Gasteiger partial charge in [0.1, 0.15) is 11.5 Å². The van der Waals surface area contributed by atoms with Crippen LogP contribution in [0.2, 0.25) is 0 Å². The van der Waals surface area contributed by atoms with Gasteiger partial charge in [0.2, 0.25) is 0 Å². The number of hydrogen-bond donors (Lipinski definition) is 0. The van der Waals surface area contributed by atoms with E-state index in [-0.39, 0.29) is 5.41 Å². The molecule has 0 spiro atoms. The lowest BCUT2D eigenvalue weighted by Gasteiger charge is -2.33. The third-order valence-electron chi connectivity index (χ3n) is 12.0. The maximum Gasteiger partial charge on any atom is 0.127 e. The van der Waals surface area contributed by atoms with Crippen molar-refractivity contribution in [3.63, 3.8) is 0 Å². The number of hydrogen-bond acceptors (Lipinski definition) is 2. The van der Waals surface area contributed by atoms with E-state index in [0.717, 1.165) is 37.6 Å². The van der Waals surface area contributed by atoms with E-state index in [1.165, 1.54) is 176 Å². The van der Waals surface area contributed by atoms with Crippen LogP contribution >= 0.6 is 0 Å². The second-order valence-corrected chi connectivity index (χ2v) is 16.3. The smallest absolute Gasteiger partial charge is 0.127 e. The van der Waals surface area contributed by atoms with Gasteiger partial charge in [0.05, 0.1) is 13.2 Å². The molecular formula is C51H78O2. The van der Waals surface area contributed by atoms with Crippen LogP contribution in [0, 0.1) is 0 Å². The number of unbranched alkanes of at least 4 members (excludes halogenated alkanes) is 20. The van der Waals surface area contributed by atoms with E-state index >= 15 is 0 Å². The highest BCUT2D eigenvalue weighted by Gasteiger charge is 2.42. The number of benzene rings is 3. The number of rotatable bonds is 31. The predicted octanol–water partition coefficient (Wildman–Crippen LogP) is 16.6. The van der Waals surface area contributed by atoms with Crippen LogP contribution in [-0.4, -0.2) is 13.2 Å². The molecule has 0 aliphatic heterocycles. The Labute approximate surface area is 327 Å². The Balaban J connectivity index is 1.57. The van der Waals surface area contributed by atoms with Gasteiger partial charge in [-0.15, -0.1) is 0 Å². The molecule has 53 heavy (non-hydrogen) atoms. The number of ether oxygens (including phenoxy) is 2. The summed E-state index contributed by atoms with van der Waals surface area (Å²) in [6, 6.07) is 23.3. The first kappa shape index (κ1) is 43.0. The van der Waals surface area contributed by atoms with E-state index in [0.29, 0.717) is 0 Å². The van der Waals surface area contributed by atoms with Gasteiger partial charge in [-0.25, -0.2) is 0 Å². The fraction of sp³-hybridized carbons (Fsp3) is 0.647. The Morgan fingerprint density at radius 2 is 0.887 bits per heavy atom. The maximum absolute atomic E-state index is 6.65. The van der Waals surface area contributed by atoms with Crippen LogP contribution in [0.1, 0.15) is 206 Å². The quantitative estimate of drug-likeness (QED) is 0.0616. The van der Waals surface area contributed by atoms with Crippen molar-refractivity contribution in [2.45, 2.75) is 200 Å². The van der Waals surface area contributed by atoms with Crippen molar-refractivity contribution in [1.82, 2.24) is 0 Å². The molecule has 0 radical (unpaired) electrons. The lowest BCUT2D eigenvalue weighted by Crippen LogP contribution is -2.25. The molecule has 0 aromatic heterocycles.